The maximum atomic E-state index is 12.5. The van der Waals surface area contributed by atoms with Crippen LogP contribution >= 0.6 is 11.8 Å². The van der Waals surface area contributed by atoms with Gasteiger partial charge in [-0.3, -0.25) is 9.59 Å². The molecule has 0 saturated carbocycles. The highest BCUT2D eigenvalue weighted by Gasteiger charge is 2.21. The Labute approximate surface area is 179 Å². The largest absolute Gasteiger partial charge is 0.322 e. The van der Waals surface area contributed by atoms with Gasteiger partial charge in [0, 0.05) is 46.2 Å². The van der Waals surface area contributed by atoms with Crippen LogP contribution in [0.5, 0.6) is 0 Å². The second-order valence-electron chi connectivity index (χ2n) is 7.21. The first kappa shape index (κ1) is 20.1. The Bertz CT molecular complexity index is 1060. The molecule has 1 fully saturated rings. The van der Waals surface area contributed by atoms with Crippen LogP contribution in [0.15, 0.2) is 64.6 Å². The Balaban J connectivity index is 1.39. The van der Waals surface area contributed by atoms with E-state index < -0.39 is 0 Å². The fourth-order valence-electron chi connectivity index (χ4n) is 3.37. The molecule has 0 atom stereocenters. The van der Waals surface area contributed by atoms with E-state index in [-0.39, 0.29) is 11.8 Å². The summed E-state index contributed by atoms with van der Waals surface area (Å²) in [6.45, 7) is 4.64. The third-order valence-electron chi connectivity index (χ3n) is 4.80. The van der Waals surface area contributed by atoms with Gasteiger partial charge in [0.2, 0.25) is 5.91 Å². The van der Waals surface area contributed by atoms with E-state index in [1.54, 1.807) is 17.0 Å². The van der Waals surface area contributed by atoms with Crippen LogP contribution in [0.3, 0.4) is 0 Å². The van der Waals surface area contributed by atoms with E-state index in [0.717, 1.165) is 34.9 Å². The van der Waals surface area contributed by atoms with Gasteiger partial charge in [-0.2, -0.15) is 0 Å². The number of rotatable bonds is 5. The van der Waals surface area contributed by atoms with Gasteiger partial charge in [-0.15, -0.1) is 0 Å². The average molecular weight is 419 g/mol. The predicted octanol–water partition coefficient (Wildman–Crippen LogP) is 4.62. The Hall–Kier alpha value is -3.19. The molecule has 1 saturated heterocycles. The molecule has 152 valence electrons. The zero-order valence-corrected chi connectivity index (χ0v) is 17.7. The monoisotopic (exact) mass is 418 g/mol. The lowest BCUT2D eigenvalue weighted by atomic mass is 10.1. The fourth-order valence-corrected chi connectivity index (χ4v) is 4.23. The average Bonchev–Trinajstić information content (AvgIpc) is 3.15. The van der Waals surface area contributed by atoms with Crippen molar-refractivity contribution in [3.05, 3.63) is 71.5 Å². The molecular formula is C23H22N4O2S. The zero-order chi connectivity index (χ0) is 21.1. The van der Waals surface area contributed by atoms with Gasteiger partial charge in [-0.1, -0.05) is 0 Å². The number of benzene rings is 2. The number of nitrogens with one attached hydrogen (secondary N) is 1. The molecule has 4 rings (SSSR count). The minimum absolute atomic E-state index is 0.136. The molecule has 2 amide bonds. The number of aryl methyl sites for hydroxylation is 2. The highest BCUT2D eigenvalue weighted by molar-refractivity contribution is 7.99. The molecule has 1 aliphatic rings. The van der Waals surface area contributed by atoms with Crippen molar-refractivity contribution in [3.63, 3.8) is 0 Å². The third-order valence-corrected chi connectivity index (χ3v) is 5.67. The maximum Gasteiger partial charge on any atom is 0.255 e. The molecule has 30 heavy (non-hydrogen) atoms. The summed E-state index contributed by atoms with van der Waals surface area (Å²) in [5.74, 6) is -0.0521. The molecule has 7 heteroatoms. The lowest BCUT2D eigenvalue weighted by Crippen LogP contribution is -2.23. The van der Waals surface area contributed by atoms with Crippen LogP contribution in [-0.4, -0.2) is 28.3 Å². The molecule has 0 spiro atoms. The van der Waals surface area contributed by atoms with E-state index in [0.29, 0.717) is 22.8 Å². The van der Waals surface area contributed by atoms with E-state index in [9.17, 15) is 9.59 Å². The first-order chi connectivity index (χ1) is 14.5. The van der Waals surface area contributed by atoms with Crippen LogP contribution in [0, 0.1) is 13.8 Å². The van der Waals surface area contributed by atoms with Crippen molar-refractivity contribution in [1.29, 1.82) is 0 Å². The Kier molecular flexibility index (Phi) is 5.81. The van der Waals surface area contributed by atoms with Gasteiger partial charge in [-0.25, -0.2) is 9.97 Å². The first-order valence-electron chi connectivity index (χ1n) is 9.80. The van der Waals surface area contributed by atoms with Crippen LogP contribution < -0.4 is 10.2 Å². The summed E-state index contributed by atoms with van der Waals surface area (Å²) in [6.07, 6.45) is 1.47. The summed E-state index contributed by atoms with van der Waals surface area (Å²) in [5, 5.41) is 3.61. The van der Waals surface area contributed by atoms with Crippen molar-refractivity contribution in [2.75, 3.05) is 16.8 Å². The van der Waals surface area contributed by atoms with Gasteiger partial charge < -0.3 is 10.2 Å². The van der Waals surface area contributed by atoms with Gasteiger partial charge in [0.1, 0.15) is 0 Å². The number of hydrogen-bond acceptors (Lipinski definition) is 5. The molecule has 6 nitrogen and oxygen atoms in total. The SMILES string of the molecule is Cc1cc(C)nc(Sc2ccc(NC(=O)c3ccc(N4CCCC4=O)cc3)cc2)n1. The number of anilines is 2. The van der Waals surface area contributed by atoms with Crippen molar-refractivity contribution >= 4 is 35.0 Å². The number of carbonyl (C=O) groups is 2. The van der Waals surface area contributed by atoms with Gasteiger partial charge in [-0.05, 0) is 86.6 Å². The van der Waals surface area contributed by atoms with Gasteiger partial charge in [0.05, 0.1) is 0 Å². The molecule has 1 N–H and O–H groups in total. The molecular weight excluding hydrogens is 396 g/mol. The van der Waals surface area contributed by atoms with Gasteiger partial charge >= 0.3 is 0 Å². The van der Waals surface area contributed by atoms with Gasteiger partial charge in [0.15, 0.2) is 5.16 Å². The quantitative estimate of drug-likeness (QED) is 0.612. The smallest absolute Gasteiger partial charge is 0.255 e. The van der Waals surface area contributed by atoms with Crippen molar-refractivity contribution < 1.29 is 9.59 Å². The van der Waals surface area contributed by atoms with Crippen LogP contribution in [-0.2, 0) is 4.79 Å². The second-order valence-corrected chi connectivity index (χ2v) is 8.25. The summed E-state index contributed by atoms with van der Waals surface area (Å²) in [7, 11) is 0. The number of nitrogens with zero attached hydrogens (tertiary/aromatic N) is 3. The number of aromatic nitrogens is 2. The third kappa shape index (κ3) is 4.68. The van der Waals surface area contributed by atoms with Crippen LogP contribution in [0.1, 0.15) is 34.6 Å². The topological polar surface area (TPSA) is 75.2 Å². The summed E-state index contributed by atoms with van der Waals surface area (Å²) < 4.78 is 0. The van der Waals surface area contributed by atoms with E-state index >= 15 is 0 Å². The van der Waals surface area contributed by atoms with Crippen molar-refractivity contribution in [2.45, 2.75) is 36.7 Å². The summed E-state index contributed by atoms with van der Waals surface area (Å²) in [5.41, 5.74) is 3.98. The van der Waals surface area contributed by atoms with Crippen molar-refractivity contribution in [3.8, 4) is 0 Å². The highest BCUT2D eigenvalue weighted by Crippen LogP contribution is 2.27. The maximum absolute atomic E-state index is 12.5. The van der Waals surface area contributed by atoms with Crippen molar-refractivity contribution in [1.82, 2.24) is 9.97 Å². The Morgan fingerprint density at radius 3 is 2.27 bits per heavy atom. The summed E-state index contributed by atoms with van der Waals surface area (Å²) in [6, 6.07) is 16.7. The van der Waals surface area contributed by atoms with E-state index in [1.165, 1.54) is 11.8 Å². The molecule has 0 bridgehead atoms. The van der Waals surface area contributed by atoms with Crippen LogP contribution in [0.4, 0.5) is 11.4 Å². The standard InChI is InChI=1S/C23H22N4O2S/c1-15-14-16(2)25-23(24-15)30-20-11-7-18(8-12-20)26-22(29)17-5-9-19(10-6-17)27-13-3-4-21(27)28/h5-12,14H,3-4,13H2,1-2H3,(H,26,29). The molecule has 1 aliphatic heterocycles. The summed E-state index contributed by atoms with van der Waals surface area (Å²) in [4.78, 5) is 36.0. The lowest BCUT2D eigenvalue weighted by Gasteiger charge is -2.15. The molecule has 0 aliphatic carbocycles. The number of carbonyl (C=O) groups excluding carboxylic acids is 2. The molecule has 2 aromatic carbocycles. The molecule has 3 aromatic rings. The molecule has 2 heterocycles. The second kappa shape index (κ2) is 8.67. The predicted molar refractivity (Wildman–Crippen MR) is 118 cm³/mol. The highest BCUT2D eigenvalue weighted by atomic mass is 32.2. The van der Waals surface area contributed by atoms with E-state index in [4.69, 9.17) is 0 Å². The van der Waals surface area contributed by atoms with Crippen LogP contribution in [0.2, 0.25) is 0 Å². The first-order valence-corrected chi connectivity index (χ1v) is 10.6. The minimum atomic E-state index is -0.188. The number of amides is 2. The normalized spacial score (nSPS) is 13.5. The lowest BCUT2D eigenvalue weighted by molar-refractivity contribution is -0.117. The van der Waals surface area contributed by atoms with E-state index in [2.05, 4.69) is 15.3 Å². The zero-order valence-electron chi connectivity index (χ0n) is 16.9. The molecule has 0 radical (unpaired) electrons. The summed E-state index contributed by atoms with van der Waals surface area (Å²) >= 11 is 1.49. The Morgan fingerprint density at radius 1 is 1.00 bits per heavy atom. The number of hydrogen-bond donors (Lipinski definition) is 1. The van der Waals surface area contributed by atoms with Crippen LogP contribution in [0.25, 0.3) is 0 Å². The molecule has 0 unspecified atom stereocenters. The molecule has 1 aromatic heterocycles. The van der Waals surface area contributed by atoms with Gasteiger partial charge in [0.25, 0.3) is 5.91 Å². The fraction of sp³-hybridized carbons (Fsp3) is 0.217. The van der Waals surface area contributed by atoms with Crippen molar-refractivity contribution in [2.24, 2.45) is 0 Å². The van der Waals surface area contributed by atoms with E-state index in [1.807, 2.05) is 56.3 Å². The minimum Gasteiger partial charge on any atom is -0.322 e. The Morgan fingerprint density at radius 2 is 1.67 bits per heavy atom.